The molecule has 0 aliphatic carbocycles. The molecule has 150 valence electrons. The van der Waals surface area contributed by atoms with Crippen molar-refractivity contribution < 1.29 is 4.79 Å². The maximum absolute atomic E-state index is 12.5. The number of carbonyl (C=O) groups is 1. The summed E-state index contributed by atoms with van der Waals surface area (Å²) in [7, 11) is 0. The molecule has 2 aromatic heterocycles. The third-order valence-corrected chi connectivity index (χ3v) is 5.38. The molecule has 0 bridgehead atoms. The maximum Gasteiger partial charge on any atom is 0.332 e. The Kier molecular flexibility index (Phi) is 5.70. The van der Waals surface area contributed by atoms with Gasteiger partial charge in [-0.25, -0.2) is 4.79 Å². The number of benzene rings is 1. The van der Waals surface area contributed by atoms with Crippen molar-refractivity contribution in [1.29, 1.82) is 5.26 Å². The number of rotatable bonds is 3. The van der Waals surface area contributed by atoms with E-state index < -0.39 is 5.69 Å². The first-order chi connectivity index (χ1) is 14.0. The van der Waals surface area contributed by atoms with Crippen LogP contribution in [0.5, 0.6) is 0 Å². The first kappa shape index (κ1) is 20.2. The fourth-order valence-electron chi connectivity index (χ4n) is 3.13. The quantitative estimate of drug-likeness (QED) is 0.486. The molecule has 0 radical (unpaired) electrons. The molecular formula is C19H21N7O2S. The van der Waals surface area contributed by atoms with Crippen LogP contribution in [0.2, 0.25) is 0 Å². The molecule has 3 heterocycles. The molecule has 0 atom stereocenters. The number of hydrogen-bond acceptors (Lipinski definition) is 6. The van der Waals surface area contributed by atoms with E-state index >= 15 is 0 Å². The van der Waals surface area contributed by atoms with Crippen LogP contribution in [0.1, 0.15) is 13.8 Å². The van der Waals surface area contributed by atoms with Crippen molar-refractivity contribution in [1.82, 2.24) is 14.5 Å². The normalized spacial score (nSPS) is 12.7. The fourth-order valence-corrected chi connectivity index (χ4v) is 4.04. The second kappa shape index (κ2) is 8.20. The van der Waals surface area contributed by atoms with Crippen LogP contribution in [0.25, 0.3) is 16.9 Å². The topological polar surface area (TPSA) is 150 Å². The highest BCUT2D eigenvalue weighted by atomic mass is 32.2. The van der Waals surface area contributed by atoms with E-state index in [2.05, 4.69) is 9.97 Å². The van der Waals surface area contributed by atoms with Gasteiger partial charge in [0.05, 0.1) is 23.2 Å². The minimum atomic E-state index is -0.426. The zero-order valence-electron chi connectivity index (χ0n) is 16.0. The zero-order chi connectivity index (χ0) is 21.1. The van der Waals surface area contributed by atoms with Crippen molar-refractivity contribution in [3.05, 3.63) is 40.9 Å². The van der Waals surface area contributed by atoms with E-state index in [0.29, 0.717) is 28.5 Å². The van der Waals surface area contributed by atoms with Gasteiger partial charge in [0, 0.05) is 16.7 Å². The lowest BCUT2D eigenvalue weighted by molar-refractivity contribution is -0.116. The highest BCUT2D eigenvalue weighted by Gasteiger charge is 2.26. The van der Waals surface area contributed by atoms with Crippen LogP contribution in [0.4, 0.5) is 17.3 Å². The second-order valence-corrected chi connectivity index (χ2v) is 6.93. The van der Waals surface area contributed by atoms with E-state index in [9.17, 15) is 9.59 Å². The van der Waals surface area contributed by atoms with Gasteiger partial charge in [-0.05, 0) is 24.3 Å². The number of imidazole rings is 1. The number of aromatic nitrogens is 3. The number of amides is 1. The third kappa shape index (κ3) is 3.48. The summed E-state index contributed by atoms with van der Waals surface area (Å²) in [6.07, 6.45) is 1.66. The minimum absolute atomic E-state index is 0.0579. The van der Waals surface area contributed by atoms with Crippen molar-refractivity contribution in [3.8, 4) is 23.0 Å². The monoisotopic (exact) mass is 411 g/mol. The summed E-state index contributed by atoms with van der Waals surface area (Å²) in [4.78, 5) is 32.5. The SMILES string of the molecule is CC.N#CCN1C(=O)CSc2ccc(-n3c(-c4cc[nH]c4N)c(N)[nH]c3=O)cc21. The lowest BCUT2D eigenvalue weighted by Crippen LogP contribution is -2.35. The molecule has 0 unspecified atom stereocenters. The van der Waals surface area contributed by atoms with Crippen LogP contribution in [-0.4, -0.2) is 32.7 Å². The summed E-state index contributed by atoms with van der Waals surface area (Å²) in [5.74, 6) is 0.686. The van der Waals surface area contributed by atoms with Crippen LogP contribution in [-0.2, 0) is 4.79 Å². The van der Waals surface area contributed by atoms with E-state index in [1.807, 2.05) is 26.0 Å². The van der Waals surface area contributed by atoms with Crippen molar-refractivity contribution in [2.45, 2.75) is 18.7 Å². The van der Waals surface area contributed by atoms with Crippen molar-refractivity contribution in [3.63, 3.8) is 0 Å². The molecule has 1 aromatic carbocycles. The largest absolute Gasteiger partial charge is 0.385 e. The summed E-state index contributed by atoms with van der Waals surface area (Å²) in [5.41, 5.74) is 13.7. The smallest absolute Gasteiger partial charge is 0.332 e. The van der Waals surface area contributed by atoms with E-state index in [1.54, 1.807) is 24.4 Å². The van der Waals surface area contributed by atoms with Crippen LogP contribution >= 0.6 is 11.8 Å². The first-order valence-electron chi connectivity index (χ1n) is 8.99. The molecule has 0 saturated carbocycles. The van der Waals surface area contributed by atoms with Gasteiger partial charge in [-0.15, -0.1) is 11.8 Å². The van der Waals surface area contributed by atoms with E-state index in [4.69, 9.17) is 16.7 Å². The van der Waals surface area contributed by atoms with Crippen molar-refractivity contribution in [2.24, 2.45) is 0 Å². The Balaban J connectivity index is 0.00000117. The van der Waals surface area contributed by atoms with Crippen molar-refractivity contribution in [2.75, 3.05) is 28.7 Å². The average Bonchev–Trinajstić information content (AvgIpc) is 3.26. The summed E-state index contributed by atoms with van der Waals surface area (Å²) in [6.45, 7) is 3.94. The van der Waals surface area contributed by atoms with E-state index in [1.165, 1.54) is 21.2 Å². The van der Waals surface area contributed by atoms with Gasteiger partial charge < -0.3 is 16.5 Å². The summed E-state index contributed by atoms with van der Waals surface area (Å²) in [6, 6.07) is 9.03. The average molecular weight is 411 g/mol. The highest BCUT2D eigenvalue weighted by Crippen LogP contribution is 2.38. The zero-order valence-corrected chi connectivity index (χ0v) is 16.8. The second-order valence-electron chi connectivity index (χ2n) is 5.91. The third-order valence-electron chi connectivity index (χ3n) is 4.33. The molecule has 29 heavy (non-hydrogen) atoms. The number of nitriles is 1. The number of nitrogens with two attached hydrogens (primary N) is 2. The number of aromatic amines is 2. The number of anilines is 3. The van der Waals surface area contributed by atoms with Gasteiger partial charge in [0.1, 0.15) is 23.9 Å². The van der Waals surface area contributed by atoms with Crippen molar-refractivity contribution >= 4 is 35.0 Å². The Bertz CT molecular complexity index is 1150. The molecule has 0 saturated heterocycles. The lowest BCUT2D eigenvalue weighted by atomic mass is 10.2. The molecule has 1 aliphatic heterocycles. The number of carbonyl (C=O) groups excluding carboxylic acids is 1. The number of nitrogen functional groups attached to an aromatic ring is 2. The molecule has 1 aliphatic rings. The number of nitrogens with one attached hydrogen (secondary N) is 2. The van der Waals surface area contributed by atoms with Gasteiger partial charge in [-0.2, -0.15) is 5.26 Å². The van der Waals surface area contributed by atoms with Crippen LogP contribution < -0.4 is 22.1 Å². The van der Waals surface area contributed by atoms with Gasteiger partial charge >= 0.3 is 5.69 Å². The number of nitrogens with zero attached hydrogens (tertiary/aromatic N) is 3. The minimum Gasteiger partial charge on any atom is -0.385 e. The molecule has 3 aromatic rings. The molecule has 6 N–H and O–H groups in total. The number of hydrogen-bond donors (Lipinski definition) is 4. The lowest BCUT2D eigenvalue weighted by Gasteiger charge is -2.27. The molecule has 9 nitrogen and oxygen atoms in total. The van der Waals surface area contributed by atoms with Gasteiger partial charge in [0.15, 0.2) is 0 Å². The highest BCUT2D eigenvalue weighted by molar-refractivity contribution is 8.00. The Morgan fingerprint density at radius 3 is 2.62 bits per heavy atom. The van der Waals surface area contributed by atoms with Gasteiger partial charge in [-0.1, -0.05) is 13.8 Å². The summed E-state index contributed by atoms with van der Waals surface area (Å²) >= 11 is 1.40. The molecule has 10 heteroatoms. The van der Waals surface area contributed by atoms with E-state index in [0.717, 1.165) is 4.90 Å². The Hall–Kier alpha value is -3.58. The van der Waals surface area contributed by atoms with E-state index in [-0.39, 0.29) is 24.0 Å². The fraction of sp³-hybridized carbons (Fsp3) is 0.211. The summed E-state index contributed by atoms with van der Waals surface area (Å²) in [5, 5.41) is 9.05. The molecule has 0 spiro atoms. The van der Waals surface area contributed by atoms with Gasteiger partial charge in [0.25, 0.3) is 0 Å². The molecule has 1 amide bonds. The number of thioether (sulfide) groups is 1. The number of fused-ring (bicyclic) bond motifs is 1. The molecule has 0 fully saturated rings. The Morgan fingerprint density at radius 2 is 1.97 bits per heavy atom. The standard InChI is InChI=1S/C17H15N7O2S.C2H6/c18-4-6-23-11-7-9(1-2-12(11)27-8-13(23)25)24-14(16(20)22-17(24)26)10-3-5-21-15(10)19;1-2/h1-3,5,7,21H,6,8,19-20H2,(H,22,26);1-2H3. The first-order valence-corrected chi connectivity index (χ1v) is 9.98. The van der Waals surface area contributed by atoms with Gasteiger partial charge in [-0.3, -0.25) is 19.2 Å². The number of H-pyrrole nitrogens is 2. The Labute approximate surface area is 171 Å². The molecule has 4 rings (SSSR count). The predicted molar refractivity (Wildman–Crippen MR) is 115 cm³/mol. The van der Waals surface area contributed by atoms with Crippen LogP contribution in [0.15, 0.2) is 40.2 Å². The predicted octanol–water partition coefficient (Wildman–Crippen LogP) is 2.31. The molecular weight excluding hydrogens is 390 g/mol. The van der Waals surface area contributed by atoms with Crippen LogP contribution in [0, 0.1) is 11.3 Å². The van der Waals surface area contributed by atoms with Crippen LogP contribution in [0.3, 0.4) is 0 Å². The summed E-state index contributed by atoms with van der Waals surface area (Å²) < 4.78 is 1.41. The Morgan fingerprint density at radius 1 is 1.21 bits per heavy atom. The maximum atomic E-state index is 12.5. The van der Waals surface area contributed by atoms with Gasteiger partial charge in [0.2, 0.25) is 5.91 Å².